The van der Waals surface area contributed by atoms with Crippen molar-refractivity contribution in [3.63, 3.8) is 0 Å². The van der Waals surface area contributed by atoms with Crippen LogP contribution in [0.1, 0.15) is 0 Å². The van der Waals surface area contributed by atoms with E-state index in [9.17, 15) is 9.59 Å². The maximum absolute atomic E-state index is 12.0. The van der Waals surface area contributed by atoms with Crippen LogP contribution in [0, 0.1) is 0 Å². The number of hydrogen-bond acceptors (Lipinski definition) is 4. The highest BCUT2D eigenvalue weighted by molar-refractivity contribution is 5.70. The molecule has 0 aromatic carbocycles. The molecule has 0 unspecified atom stereocenters. The molecule has 2 heterocycles. The molecule has 0 aliphatic carbocycles. The zero-order valence-corrected chi connectivity index (χ0v) is 9.51. The number of hydrogen-bond donors (Lipinski definition) is 0. The normalized spacial score (nSPS) is 11.0. The molecule has 7 nitrogen and oxygen atoms in total. The van der Waals surface area contributed by atoms with Crippen molar-refractivity contribution < 1.29 is 4.74 Å². The lowest BCUT2D eigenvalue weighted by atomic mass is 10.5. The van der Waals surface area contributed by atoms with Gasteiger partial charge in [-0.05, 0) is 0 Å². The summed E-state index contributed by atoms with van der Waals surface area (Å²) in [5, 5.41) is 0. The highest BCUT2D eigenvalue weighted by atomic mass is 16.5. The number of nitrogens with zero attached hydrogens (tertiary/aromatic N) is 4. The van der Waals surface area contributed by atoms with Crippen molar-refractivity contribution in [3.05, 3.63) is 20.8 Å². The van der Waals surface area contributed by atoms with Crippen LogP contribution in [-0.2, 0) is 21.1 Å². The van der Waals surface area contributed by atoms with Crippen molar-refractivity contribution in [2.75, 3.05) is 7.11 Å². The molecule has 0 atom stereocenters. The van der Waals surface area contributed by atoms with Crippen LogP contribution in [0.4, 0.5) is 0 Å². The minimum atomic E-state index is -0.304. The first kappa shape index (κ1) is 10.5. The number of methoxy groups -OCH3 is 1. The second-order valence-electron chi connectivity index (χ2n) is 3.54. The van der Waals surface area contributed by atoms with Crippen LogP contribution in [0.2, 0.25) is 0 Å². The Morgan fingerprint density at radius 1 is 1.06 bits per heavy atom. The third-order valence-electron chi connectivity index (χ3n) is 2.62. The van der Waals surface area contributed by atoms with E-state index in [4.69, 9.17) is 4.74 Å². The summed E-state index contributed by atoms with van der Waals surface area (Å²) in [7, 11) is 6.08. The van der Waals surface area contributed by atoms with Gasteiger partial charge in [0.2, 0.25) is 0 Å². The van der Waals surface area contributed by atoms with Gasteiger partial charge in [0.15, 0.2) is 11.2 Å². The van der Waals surface area contributed by atoms with E-state index in [0.29, 0.717) is 5.65 Å². The first-order chi connectivity index (χ1) is 7.49. The van der Waals surface area contributed by atoms with Crippen LogP contribution in [0.25, 0.3) is 11.2 Å². The van der Waals surface area contributed by atoms with Crippen molar-refractivity contribution in [1.82, 2.24) is 18.7 Å². The summed E-state index contributed by atoms with van der Waals surface area (Å²) in [5.41, 5.74) is 0.0122. The van der Waals surface area contributed by atoms with Crippen molar-refractivity contribution in [2.45, 2.75) is 0 Å². The maximum Gasteiger partial charge on any atom is 0.329 e. The third kappa shape index (κ3) is 1.11. The fourth-order valence-electron chi connectivity index (χ4n) is 1.68. The molecule has 0 radical (unpaired) electrons. The second kappa shape index (κ2) is 3.22. The molecule has 0 bridgehead atoms. The number of ether oxygens (including phenoxy) is 1. The first-order valence-electron chi connectivity index (χ1n) is 4.65. The topological polar surface area (TPSA) is 71.1 Å². The first-order valence-corrected chi connectivity index (χ1v) is 4.65. The SMILES string of the molecule is COc1nc2c(c(=O)n1C)n(C)c(=O)n2C. The Morgan fingerprint density at radius 3 is 2.25 bits per heavy atom. The van der Waals surface area contributed by atoms with E-state index in [-0.39, 0.29) is 22.8 Å². The highest BCUT2D eigenvalue weighted by Crippen LogP contribution is 2.08. The largest absolute Gasteiger partial charge is 0.468 e. The average Bonchev–Trinajstić information content (AvgIpc) is 2.48. The van der Waals surface area contributed by atoms with Crippen LogP contribution >= 0.6 is 0 Å². The van der Waals surface area contributed by atoms with Crippen LogP contribution in [0.5, 0.6) is 6.01 Å². The summed E-state index contributed by atoms with van der Waals surface area (Å²) < 4.78 is 8.83. The van der Waals surface area contributed by atoms with Crippen molar-refractivity contribution in [2.24, 2.45) is 21.1 Å². The molecule has 86 valence electrons. The van der Waals surface area contributed by atoms with E-state index in [1.807, 2.05) is 0 Å². The zero-order chi connectivity index (χ0) is 12.0. The van der Waals surface area contributed by atoms with Gasteiger partial charge < -0.3 is 4.74 Å². The van der Waals surface area contributed by atoms with Crippen LogP contribution < -0.4 is 16.0 Å². The third-order valence-corrected chi connectivity index (χ3v) is 2.62. The van der Waals surface area contributed by atoms with Gasteiger partial charge in [0, 0.05) is 21.1 Å². The predicted molar refractivity (Wildman–Crippen MR) is 57.7 cm³/mol. The number of fused-ring (bicyclic) bond motifs is 1. The van der Waals surface area contributed by atoms with E-state index in [0.717, 1.165) is 0 Å². The smallest absolute Gasteiger partial charge is 0.329 e. The Labute approximate surface area is 90.5 Å². The summed E-state index contributed by atoms with van der Waals surface area (Å²) in [5.74, 6) is 0. The molecular weight excluding hydrogens is 212 g/mol. The Balaban J connectivity index is 3.11. The molecule has 7 heteroatoms. The van der Waals surface area contributed by atoms with Gasteiger partial charge in [0.05, 0.1) is 7.11 Å². The zero-order valence-electron chi connectivity index (χ0n) is 9.51. The number of aromatic nitrogens is 4. The van der Waals surface area contributed by atoms with E-state index < -0.39 is 0 Å². The Hall–Kier alpha value is -2.05. The van der Waals surface area contributed by atoms with E-state index >= 15 is 0 Å². The molecule has 2 aromatic rings. The number of imidazole rings is 1. The summed E-state index contributed by atoms with van der Waals surface area (Å²) in [4.78, 5) is 27.7. The molecule has 0 spiro atoms. The molecule has 0 amide bonds. The molecule has 0 fully saturated rings. The van der Waals surface area contributed by atoms with Crippen molar-refractivity contribution >= 4 is 11.2 Å². The lowest BCUT2D eigenvalue weighted by molar-refractivity contribution is 0.358. The van der Waals surface area contributed by atoms with E-state index in [1.54, 1.807) is 21.1 Å². The highest BCUT2D eigenvalue weighted by Gasteiger charge is 2.16. The molecule has 0 saturated carbocycles. The maximum atomic E-state index is 12.0. The Morgan fingerprint density at radius 2 is 1.69 bits per heavy atom. The van der Waals surface area contributed by atoms with Gasteiger partial charge in [0.25, 0.3) is 5.56 Å². The molecule has 0 saturated heterocycles. The van der Waals surface area contributed by atoms with Crippen molar-refractivity contribution in [1.29, 1.82) is 0 Å². The molecule has 0 aliphatic rings. The monoisotopic (exact) mass is 224 g/mol. The van der Waals surface area contributed by atoms with Gasteiger partial charge in [-0.25, -0.2) is 4.79 Å². The fourth-order valence-corrected chi connectivity index (χ4v) is 1.68. The number of rotatable bonds is 1. The minimum absolute atomic E-state index is 0.179. The molecule has 0 N–H and O–H groups in total. The molecule has 2 aromatic heterocycles. The lowest BCUT2D eigenvalue weighted by Gasteiger charge is -2.05. The number of aryl methyl sites for hydroxylation is 2. The molecule has 0 aliphatic heterocycles. The summed E-state index contributed by atoms with van der Waals surface area (Å²) in [6.07, 6.45) is 0. The van der Waals surface area contributed by atoms with Gasteiger partial charge in [-0.3, -0.25) is 18.5 Å². The van der Waals surface area contributed by atoms with Gasteiger partial charge in [-0.1, -0.05) is 0 Å². The van der Waals surface area contributed by atoms with Gasteiger partial charge in [0.1, 0.15) is 0 Å². The molecule has 16 heavy (non-hydrogen) atoms. The summed E-state index contributed by atoms with van der Waals surface area (Å²) in [6.45, 7) is 0. The molecule has 2 rings (SSSR count). The van der Waals surface area contributed by atoms with Gasteiger partial charge >= 0.3 is 11.7 Å². The standard InChI is InChI=1S/C9H12N4O3/c1-11-5-6(12(2)9(11)15)10-8(16-4)13(3)7(5)14/h1-4H3. The van der Waals surface area contributed by atoms with Gasteiger partial charge in [-0.15, -0.1) is 0 Å². The van der Waals surface area contributed by atoms with Crippen LogP contribution in [-0.4, -0.2) is 25.8 Å². The van der Waals surface area contributed by atoms with Gasteiger partial charge in [-0.2, -0.15) is 4.98 Å². The van der Waals surface area contributed by atoms with Crippen LogP contribution in [0.15, 0.2) is 9.59 Å². The second-order valence-corrected chi connectivity index (χ2v) is 3.54. The van der Waals surface area contributed by atoms with E-state index in [1.165, 1.54) is 20.8 Å². The van der Waals surface area contributed by atoms with Crippen molar-refractivity contribution in [3.8, 4) is 6.01 Å². The minimum Gasteiger partial charge on any atom is -0.468 e. The quantitative estimate of drug-likeness (QED) is 0.621. The average molecular weight is 224 g/mol. The van der Waals surface area contributed by atoms with E-state index in [2.05, 4.69) is 4.98 Å². The Kier molecular flexibility index (Phi) is 2.11. The molecular formula is C9H12N4O3. The fraction of sp³-hybridized carbons (Fsp3) is 0.444. The summed E-state index contributed by atoms with van der Waals surface area (Å²) in [6, 6.07) is 0.179. The van der Waals surface area contributed by atoms with Crippen LogP contribution in [0.3, 0.4) is 0 Å². The predicted octanol–water partition coefficient (Wildman–Crippen LogP) is -1.02. The summed E-state index contributed by atoms with van der Waals surface area (Å²) >= 11 is 0. The lowest BCUT2D eigenvalue weighted by Crippen LogP contribution is -2.23. The Bertz CT molecular complexity index is 677.